The summed E-state index contributed by atoms with van der Waals surface area (Å²) in [6, 6.07) is 11.6. The van der Waals surface area contributed by atoms with Gasteiger partial charge < -0.3 is 9.47 Å². The Bertz CT molecular complexity index is 832. The number of aromatic nitrogens is 1. The minimum Gasteiger partial charge on any atom is -0.494 e. The van der Waals surface area contributed by atoms with Gasteiger partial charge in [-0.2, -0.15) is 0 Å². The van der Waals surface area contributed by atoms with Crippen LogP contribution in [0.2, 0.25) is 5.02 Å². The Kier molecular flexibility index (Phi) is 4.87. The van der Waals surface area contributed by atoms with E-state index in [1.165, 1.54) is 6.42 Å². The Balaban J connectivity index is 2.18. The minimum atomic E-state index is 0.681. The molecule has 0 aliphatic heterocycles. The first kappa shape index (κ1) is 15.9. The molecule has 3 rings (SSSR count). The monoisotopic (exact) mass is 329 g/mol. The lowest BCUT2D eigenvalue weighted by Gasteiger charge is -2.14. The van der Waals surface area contributed by atoms with Crippen LogP contribution in [0.15, 0.2) is 36.4 Å². The largest absolute Gasteiger partial charge is 0.494 e. The van der Waals surface area contributed by atoms with Crippen molar-refractivity contribution < 1.29 is 9.47 Å². The number of halogens is 1. The molecule has 0 unspecified atom stereocenters. The topological polar surface area (TPSA) is 31.4 Å². The molecule has 0 spiro atoms. The molecule has 0 saturated carbocycles. The van der Waals surface area contributed by atoms with Crippen LogP contribution in [0.5, 0.6) is 11.5 Å². The van der Waals surface area contributed by atoms with E-state index in [1.54, 1.807) is 7.11 Å². The van der Waals surface area contributed by atoms with Gasteiger partial charge in [0.2, 0.25) is 0 Å². The van der Waals surface area contributed by atoms with Crippen molar-refractivity contribution in [3.05, 3.63) is 41.4 Å². The zero-order valence-electron chi connectivity index (χ0n) is 13.4. The van der Waals surface area contributed by atoms with Gasteiger partial charge in [-0.15, -0.1) is 0 Å². The maximum atomic E-state index is 6.18. The SMILES string of the molecule is CCCCCOc1c2cc(Cl)ccc2nc2c(OC)cccc12. The molecule has 3 nitrogen and oxygen atoms in total. The van der Waals surface area contributed by atoms with Gasteiger partial charge in [0.25, 0.3) is 0 Å². The first-order valence-corrected chi connectivity index (χ1v) is 8.31. The second-order valence-corrected chi connectivity index (χ2v) is 5.95. The van der Waals surface area contributed by atoms with Gasteiger partial charge in [-0.1, -0.05) is 37.4 Å². The number of hydrogen-bond acceptors (Lipinski definition) is 3. The molecule has 0 radical (unpaired) electrons. The molecule has 0 saturated heterocycles. The molecule has 0 aliphatic rings. The molecule has 0 N–H and O–H groups in total. The van der Waals surface area contributed by atoms with E-state index in [0.717, 1.165) is 46.1 Å². The standard InChI is InChI=1S/C19H20ClNO2/c1-3-4-5-11-23-19-14-7-6-8-17(22-2)18(14)21-16-10-9-13(20)12-15(16)19/h6-10,12H,3-5,11H2,1-2H3. The van der Waals surface area contributed by atoms with E-state index in [0.29, 0.717) is 11.6 Å². The highest BCUT2D eigenvalue weighted by Crippen LogP contribution is 2.37. The second-order valence-electron chi connectivity index (χ2n) is 5.51. The maximum Gasteiger partial charge on any atom is 0.145 e. The first-order valence-electron chi connectivity index (χ1n) is 7.93. The molecule has 1 aromatic heterocycles. The summed E-state index contributed by atoms with van der Waals surface area (Å²) in [7, 11) is 1.66. The van der Waals surface area contributed by atoms with Crippen molar-refractivity contribution in [3.8, 4) is 11.5 Å². The lowest BCUT2D eigenvalue weighted by molar-refractivity contribution is 0.313. The van der Waals surface area contributed by atoms with Gasteiger partial charge >= 0.3 is 0 Å². The maximum absolute atomic E-state index is 6.18. The summed E-state index contributed by atoms with van der Waals surface area (Å²) < 4.78 is 11.6. The number of pyridine rings is 1. The van der Waals surface area contributed by atoms with E-state index in [-0.39, 0.29) is 0 Å². The van der Waals surface area contributed by atoms with Crippen LogP contribution < -0.4 is 9.47 Å². The van der Waals surface area contributed by atoms with Gasteiger partial charge in [0.15, 0.2) is 0 Å². The third-order valence-electron chi connectivity index (χ3n) is 3.89. The zero-order valence-corrected chi connectivity index (χ0v) is 14.2. The summed E-state index contributed by atoms with van der Waals surface area (Å²) in [5.74, 6) is 1.58. The highest BCUT2D eigenvalue weighted by molar-refractivity contribution is 6.31. The normalized spacial score (nSPS) is 11.1. The third kappa shape index (κ3) is 3.20. The van der Waals surface area contributed by atoms with Gasteiger partial charge in [0.05, 0.1) is 19.2 Å². The number of rotatable bonds is 6. The second kappa shape index (κ2) is 7.05. The summed E-state index contributed by atoms with van der Waals surface area (Å²) in [5, 5.41) is 2.57. The smallest absolute Gasteiger partial charge is 0.145 e. The average Bonchev–Trinajstić information content (AvgIpc) is 2.57. The van der Waals surface area contributed by atoms with Crippen LogP contribution in [0.1, 0.15) is 26.2 Å². The molecule has 2 aromatic carbocycles. The van der Waals surface area contributed by atoms with E-state index in [1.807, 2.05) is 36.4 Å². The lowest BCUT2D eigenvalue weighted by atomic mass is 10.1. The highest BCUT2D eigenvalue weighted by atomic mass is 35.5. The van der Waals surface area contributed by atoms with Crippen molar-refractivity contribution in [2.45, 2.75) is 26.2 Å². The fourth-order valence-corrected chi connectivity index (χ4v) is 2.89. The highest BCUT2D eigenvalue weighted by Gasteiger charge is 2.14. The minimum absolute atomic E-state index is 0.681. The predicted octanol–water partition coefficient (Wildman–Crippen LogP) is 5.62. The van der Waals surface area contributed by atoms with Crippen molar-refractivity contribution >= 4 is 33.4 Å². The Morgan fingerprint density at radius 1 is 1.09 bits per heavy atom. The molecule has 0 fully saturated rings. The third-order valence-corrected chi connectivity index (χ3v) is 4.13. The van der Waals surface area contributed by atoms with Crippen molar-refractivity contribution in [1.82, 2.24) is 4.98 Å². The fourth-order valence-electron chi connectivity index (χ4n) is 2.72. The zero-order chi connectivity index (χ0) is 16.2. The van der Waals surface area contributed by atoms with Crippen LogP contribution in [0.4, 0.5) is 0 Å². The van der Waals surface area contributed by atoms with Crippen LogP contribution >= 0.6 is 11.6 Å². The quantitative estimate of drug-likeness (QED) is 0.434. The number of ether oxygens (including phenoxy) is 2. The Hall–Kier alpha value is -2.00. The van der Waals surface area contributed by atoms with Gasteiger partial charge in [0, 0.05) is 15.8 Å². The van der Waals surface area contributed by atoms with E-state index in [9.17, 15) is 0 Å². The molecule has 0 bridgehead atoms. The number of benzene rings is 2. The van der Waals surface area contributed by atoms with Crippen molar-refractivity contribution in [2.24, 2.45) is 0 Å². The number of para-hydroxylation sites is 1. The van der Waals surface area contributed by atoms with Crippen molar-refractivity contribution in [2.75, 3.05) is 13.7 Å². The number of methoxy groups -OCH3 is 1. The van der Waals surface area contributed by atoms with Crippen LogP contribution in [0, 0.1) is 0 Å². The van der Waals surface area contributed by atoms with E-state index in [2.05, 4.69) is 6.92 Å². The summed E-state index contributed by atoms with van der Waals surface area (Å²) in [6.45, 7) is 2.87. The van der Waals surface area contributed by atoms with Gasteiger partial charge in [-0.25, -0.2) is 4.98 Å². The van der Waals surface area contributed by atoms with Crippen LogP contribution in [0.3, 0.4) is 0 Å². The van der Waals surface area contributed by atoms with E-state index < -0.39 is 0 Å². The summed E-state index contributed by atoms with van der Waals surface area (Å²) in [4.78, 5) is 4.73. The van der Waals surface area contributed by atoms with Gasteiger partial charge in [-0.3, -0.25) is 0 Å². The Morgan fingerprint density at radius 3 is 2.74 bits per heavy atom. The predicted molar refractivity (Wildman–Crippen MR) is 95.8 cm³/mol. The van der Waals surface area contributed by atoms with Gasteiger partial charge in [0.1, 0.15) is 17.0 Å². The molecular formula is C19H20ClNO2. The molecule has 4 heteroatoms. The fraction of sp³-hybridized carbons (Fsp3) is 0.316. The van der Waals surface area contributed by atoms with Crippen LogP contribution in [0.25, 0.3) is 21.8 Å². The number of unbranched alkanes of at least 4 members (excludes halogenated alkanes) is 2. The molecule has 1 heterocycles. The molecule has 0 amide bonds. The van der Waals surface area contributed by atoms with Gasteiger partial charge in [-0.05, 0) is 36.8 Å². The summed E-state index contributed by atoms with van der Waals surface area (Å²) in [5.41, 5.74) is 1.67. The Morgan fingerprint density at radius 2 is 1.96 bits per heavy atom. The van der Waals surface area contributed by atoms with Crippen molar-refractivity contribution in [3.63, 3.8) is 0 Å². The van der Waals surface area contributed by atoms with E-state index in [4.69, 9.17) is 26.1 Å². The molecule has 23 heavy (non-hydrogen) atoms. The number of fused-ring (bicyclic) bond motifs is 2. The Labute approximate surface area is 141 Å². The first-order chi connectivity index (χ1) is 11.2. The average molecular weight is 330 g/mol. The van der Waals surface area contributed by atoms with Crippen LogP contribution in [-0.4, -0.2) is 18.7 Å². The summed E-state index contributed by atoms with van der Waals surface area (Å²) in [6.07, 6.45) is 3.36. The number of nitrogens with zero attached hydrogens (tertiary/aromatic N) is 1. The molecule has 3 aromatic rings. The lowest BCUT2D eigenvalue weighted by Crippen LogP contribution is -2.00. The molecule has 0 atom stereocenters. The number of hydrogen-bond donors (Lipinski definition) is 0. The van der Waals surface area contributed by atoms with Crippen LogP contribution in [-0.2, 0) is 0 Å². The summed E-state index contributed by atoms with van der Waals surface area (Å²) >= 11 is 6.18. The van der Waals surface area contributed by atoms with Crippen molar-refractivity contribution in [1.29, 1.82) is 0 Å². The molecule has 120 valence electrons. The molecule has 0 aliphatic carbocycles. The molecular weight excluding hydrogens is 310 g/mol. The van der Waals surface area contributed by atoms with E-state index >= 15 is 0 Å².